The average Bonchev–Trinajstić information content (AvgIpc) is 2.37. The van der Waals surface area contributed by atoms with Gasteiger partial charge in [0.05, 0.1) is 6.10 Å². The number of ether oxygens (including phenoxy) is 1. The smallest absolute Gasteiger partial charge is 0.0543 e. The van der Waals surface area contributed by atoms with Crippen molar-refractivity contribution < 1.29 is 4.74 Å². The summed E-state index contributed by atoms with van der Waals surface area (Å²) in [4.78, 5) is 4.05. The molecule has 0 amide bonds. The average molecular weight is 236 g/mol. The lowest BCUT2D eigenvalue weighted by atomic mass is 10.0. The fourth-order valence-electron chi connectivity index (χ4n) is 1.92. The number of hydrogen-bond acceptors (Lipinski definition) is 3. The fourth-order valence-corrected chi connectivity index (χ4v) is 1.92. The largest absolute Gasteiger partial charge is 0.382 e. The second-order valence-corrected chi connectivity index (χ2v) is 4.44. The zero-order valence-electron chi connectivity index (χ0n) is 11.1. The van der Waals surface area contributed by atoms with Gasteiger partial charge in [-0.05, 0) is 50.4 Å². The second kappa shape index (κ2) is 8.20. The molecule has 96 valence electrons. The topological polar surface area (TPSA) is 34.1 Å². The maximum Gasteiger partial charge on any atom is 0.0543 e. The molecule has 0 aliphatic carbocycles. The number of hydrogen-bond donors (Lipinski definition) is 1. The van der Waals surface area contributed by atoms with Gasteiger partial charge in [-0.1, -0.05) is 6.92 Å². The summed E-state index contributed by atoms with van der Waals surface area (Å²) in [6.45, 7) is 5.28. The summed E-state index contributed by atoms with van der Waals surface area (Å²) in [6, 6.07) is 4.70. The minimum Gasteiger partial charge on any atom is -0.382 e. The van der Waals surface area contributed by atoms with E-state index in [-0.39, 0.29) is 0 Å². The van der Waals surface area contributed by atoms with E-state index in [1.165, 1.54) is 5.56 Å². The van der Waals surface area contributed by atoms with Crippen LogP contribution >= 0.6 is 0 Å². The predicted molar refractivity (Wildman–Crippen MR) is 71.1 cm³/mol. The third kappa shape index (κ3) is 5.80. The van der Waals surface area contributed by atoms with Gasteiger partial charge in [-0.25, -0.2) is 0 Å². The van der Waals surface area contributed by atoms with Crippen molar-refractivity contribution in [2.75, 3.05) is 13.7 Å². The predicted octanol–water partition coefficient (Wildman–Crippen LogP) is 2.42. The van der Waals surface area contributed by atoms with Crippen LogP contribution in [0.5, 0.6) is 0 Å². The molecule has 0 bridgehead atoms. The quantitative estimate of drug-likeness (QED) is 0.752. The van der Waals surface area contributed by atoms with E-state index in [9.17, 15) is 0 Å². The molecule has 3 heteroatoms. The van der Waals surface area contributed by atoms with Crippen molar-refractivity contribution in [3.8, 4) is 0 Å². The second-order valence-electron chi connectivity index (χ2n) is 4.44. The van der Waals surface area contributed by atoms with Crippen molar-refractivity contribution in [1.82, 2.24) is 10.3 Å². The van der Waals surface area contributed by atoms with Gasteiger partial charge in [-0.2, -0.15) is 0 Å². The molecule has 0 saturated carbocycles. The number of likely N-dealkylation sites (N-methyl/N-ethyl adjacent to an activating group) is 1. The van der Waals surface area contributed by atoms with Crippen molar-refractivity contribution >= 4 is 0 Å². The number of nitrogens with zero attached hydrogens (tertiary/aromatic N) is 1. The molecule has 0 aromatic carbocycles. The van der Waals surface area contributed by atoms with Crippen LogP contribution in [0.25, 0.3) is 0 Å². The van der Waals surface area contributed by atoms with Gasteiger partial charge in [0.2, 0.25) is 0 Å². The minimum absolute atomic E-state index is 0.341. The highest BCUT2D eigenvalue weighted by Crippen LogP contribution is 2.09. The molecule has 2 atom stereocenters. The molecule has 1 rings (SSSR count). The first kappa shape index (κ1) is 14.1. The van der Waals surface area contributed by atoms with Gasteiger partial charge in [0.1, 0.15) is 0 Å². The van der Waals surface area contributed by atoms with Crippen molar-refractivity contribution in [2.45, 2.75) is 45.3 Å². The van der Waals surface area contributed by atoms with Gasteiger partial charge in [0.15, 0.2) is 0 Å². The molecule has 2 unspecified atom stereocenters. The van der Waals surface area contributed by atoms with Crippen LogP contribution in [0.1, 0.15) is 32.3 Å². The number of nitrogens with one attached hydrogen (secondary N) is 1. The van der Waals surface area contributed by atoms with Crippen LogP contribution in [0.3, 0.4) is 0 Å². The van der Waals surface area contributed by atoms with Crippen LogP contribution in [0.4, 0.5) is 0 Å². The first-order valence-electron chi connectivity index (χ1n) is 6.41. The van der Waals surface area contributed by atoms with Gasteiger partial charge in [-0.15, -0.1) is 0 Å². The standard InChI is InChI=1S/C14H24N2O/c1-4-16-14(6-5-12(2)17-3)11-13-7-9-15-10-8-13/h7-10,12,14,16H,4-6,11H2,1-3H3. The number of rotatable bonds is 8. The van der Waals surface area contributed by atoms with Crippen LogP contribution in [0.15, 0.2) is 24.5 Å². The molecule has 1 aromatic rings. The highest BCUT2D eigenvalue weighted by atomic mass is 16.5. The third-order valence-corrected chi connectivity index (χ3v) is 3.05. The Morgan fingerprint density at radius 3 is 2.59 bits per heavy atom. The molecular weight excluding hydrogens is 212 g/mol. The van der Waals surface area contributed by atoms with E-state index in [1.54, 1.807) is 7.11 Å². The van der Waals surface area contributed by atoms with E-state index in [2.05, 4.69) is 36.3 Å². The maximum atomic E-state index is 5.29. The number of aromatic nitrogens is 1. The molecule has 0 radical (unpaired) electrons. The Morgan fingerprint density at radius 1 is 1.29 bits per heavy atom. The van der Waals surface area contributed by atoms with E-state index in [0.717, 1.165) is 25.8 Å². The van der Waals surface area contributed by atoms with Crippen LogP contribution < -0.4 is 5.32 Å². The molecular formula is C14H24N2O. The fraction of sp³-hybridized carbons (Fsp3) is 0.643. The summed E-state index contributed by atoms with van der Waals surface area (Å²) in [6.07, 6.45) is 7.36. The van der Waals surface area contributed by atoms with Gasteiger partial charge >= 0.3 is 0 Å². The summed E-state index contributed by atoms with van der Waals surface area (Å²) in [5, 5.41) is 3.53. The summed E-state index contributed by atoms with van der Waals surface area (Å²) in [7, 11) is 1.77. The third-order valence-electron chi connectivity index (χ3n) is 3.05. The zero-order chi connectivity index (χ0) is 12.5. The van der Waals surface area contributed by atoms with Crippen molar-refractivity contribution in [2.24, 2.45) is 0 Å². The molecule has 17 heavy (non-hydrogen) atoms. The van der Waals surface area contributed by atoms with Crippen molar-refractivity contribution in [3.63, 3.8) is 0 Å². The first-order chi connectivity index (χ1) is 8.26. The molecule has 1 heterocycles. The number of methoxy groups -OCH3 is 1. The van der Waals surface area contributed by atoms with E-state index in [1.807, 2.05) is 12.4 Å². The lowest BCUT2D eigenvalue weighted by Crippen LogP contribution is -2.31. The lowest BCUT2D eigenvalue weighted by Gasteiger charge is -2.19. The maximum absolute atomic E-state index is 5.29. The Bertz CT molecular complexity index is 290. The Balaban J connectivity index is 2.43. The van der Waals surface area contributed by atoms with E-state index >= 15 is 0 Å². The van der Waals surface area contributed by atoms with Crippen LogP contribution in [0.2, 0.25) is 0 Å². The van der Waals surface area contributed by atoms with E-state index < -0.39 is 0 Å². The first-order valence-corrected chi connectivity index (χ1v) is 6.41. The van der Waals surface area contributed by atoms with Crippen LogP contribution in [-0.2, 0) is 11.2 Å². The van der Waals surface area contributed by atoms with Crippen LogP contribution in [-0.4, -0.2) is 30.8 Å². The van der Waals surface area contributed by atoms with Gasteiger partial charge in [-0.3, -0.25) is 4.98 Å². The monoisotopic (exact) mass is 236 g/mol. The van der Waals surface area contributed by atoms with Gasteiger partial charge in [0.25, 0.3) is 0 Å². The molecule has 1 N–H and O–H groups in total. The Hall–Kier alpha value is -0.930. The molecule has 0 saturated heterocycles. The van der Waals surface area contributed by atoms with E-state index in [4.69, 9.17) is 4.74 Å². The molecule has 0 spiro atoms. The molecule has 0 aliphatic heterocycles. The van der Waals surface area contributed by atoms with Gasteiger partial charge in [0, 0.05) is 25.5 Å². The number of pyridine rings is 1. The molecule has 3 nitrogen and oxygen atoms in total. The van der Waals surface area contributed by atoms with Crippen molar-refractivity contribution in [1.29, 1.82) is 0 Å². The zero-order valence-corrected chi connectivity index (χ0v) is 11.1. The molecule has 0 aliphatic rings. The lowest BCUT2D eigenvalue weighted by molar-refractivity contribution is 0.106. The molecule has 0 fully saturated rings. The van der Waals surface area contributed by atoms with Gasteiger partial charge < -0.3 is 10.1 Å². The summed E-state index contributed by atoms with van der Waals surface area (Å²) >= 11 is 0. The SMILES string of the molecule is CCNC(CCC(C)OC)Cc1ccncc1. The van der Waals surface area contributed by atoms with E-state index in [0.29, 0.717) is 12.1 Å². The molecule has 1 aromatic heterocycles. The Kier molecular flexibility index (Phi) is 6.82. The van der Waals surface area contributed by atoms with Crippen LogP contribution in [0, 0.1) is 0 Å². The summed E-state index contributed by atoms with van der Waals surface area (Å²) in [5.74, 6) is 0. The highest BCUT2D eigenvalue weighted by Gasteiger charge is 2.10. The summed E-state index contributed by atoms with van der Waals surface area (Å²) in [5.41, 5.74) is 1.34. The minimum atomic E-state index is 0.341. The Labute approximate surface area is 105 Å². The normalized spacial score (nSPS) is 14.5. The van der Waals surface area contributed by atoms with Crippen molar-refractivity contribution in [3.05, 3.63) is 30.1 Å². The summed E-state index contributed by atoms with van der Waals surface area (Å²) < 4.78 is 5.29. The highest BCUT2D eigenvalue weighted by molar-refractivity contribution is 5.11. The Morgan fingerprint density at radius 2 is 2.00 bits per heavy atom.